The van der Waals surface area contributed by atoms with Gasteiger partial charge in [0, 0.05) is 12.8 Å². The molecule has 0 amide bonds. The van der Waals surface area contributed by atoms with E-state index >= 15 is 0 Å². The second-order valence-electron chi connectivity index (χ2n) is 7.59. The predicted octanol–water partition coefficient (Wildman–Crippen LogP) is 8.31. The molecular formula is C24H50O2. The molecule has 0 spiro atoms. The van der Waals surface area contributed by atoms with Gasteiger partial charge in [-0.2, -0.15) is 0 Å². The van der Waals surface area contributed by atoms with E-state index in [0.717, 1.165) is 12.8 Å². The second-order valence-corrected chi connectivity index (χ2v) is 7.59. The van der Waals surface area contributed by atoms with Crippen molar-refractivity contribution in [1.82, 2.24) is 0 Å². The van der Waals surface area contributed by atoms with Crippen molar-refractivity contribution < 1.29 is 9.59 Å². The zero-order valence-electron chi connectivity index (χ0n) is 19.3. The molecule has 0 aliphatic rings. The van der Waals surface area contributed by atoms with Crippen molar-refractivity contribution in [2.45, 2.75) is 138 Å². The van der Waals surface area contributed by atoms with Crippen LogP contribution in [0.25, 0.3) is 0 Å². The highest BCUT2D eigenvalue weighted by Gasteiger charge is 2.12. The number of rotatable bonds is 14. The van der Waals surface area contributed by atoms with E-state index in [9.17, 15) is 9.59 Å². The Morgan fingerprint density at radius 2 is 0.808 bits per heavy atom. The van der Waals surface area contributed by atoms with Crippen LogP contribution in [0.5, 0.6) is 0 Å². The smallest absolute Gasteiger partial charge is 0.130 e. The van der Waals surface area contributed by atoms with Gasteiger partial charge in [0.15, 0.2) is 0 Å². The highest BCUT2D eigenvalue weighted by molar-refractivity contribution is 5.79. The summed E-state index contributed by atoms with van der Waals surface area (Å²) in [4.78, 5) is 21.9. The maximum Gasteiger partial charge on any atom is 0.130 e. The summed E-state index contributed by atoms with van der Waals surface area (Å²) >= 11 is 0. The molecule has 0 aromatic rings. The third kappa shape index (κ3) is 34.6. The van der Waals surface area contributed by atoms with Crippen molar-refractivity contribution in [3.63, 3.8) is 0 Å². The first-order chi connectivity index (χ1) is 12.4. The van der Waals surface area contributed by atoms with Crippen LogP contribution in [0.3, 0.4) is 0 Å². The third-order valence-corrected chi connectivity index (χ3v) is 4.28. The summed E-state index contributed by atoms with van der Waals surface area (Å²) in [6.45, 7) is 14.3. The van der Waals surface area contributed by atoms with E-state index in [1.165, 1.54) is 64.2 Å². The largest absolute Gasteiger partial charge is 0.300 e. The van der Waals surface area contributed by atoms with E-state index in [0.29, 0.717) is 12.8 Å². The molecule has 26 heavy (non-hydrogen) atoms. The molecule has 0 radical (unpaired) electrons. The van der Waals surface area contributed by atoms with Gasteiger partial charge in [-0.25, -0.2) is 0 Å². The Kier molecular flexibility index (Phi) is 30.7. The molecule has 0 bridgehead atoms. The van der Waals surface area contributed by atoms with Gasteiger partial charge in [0.25, 0.3) is 0 Å². The standard InChI is InChI=1S/C12H22O2.2C6H14/c1-4-5-6-7-12(8-10(2)13)9-11(3)14;2*1-3-5-6-4-2/h12H,4-9H2,1-3H3;2*3-6H2,1-2H3. The van der Waals surface area contributed by atoms with E-state index < -0.39 is 0 Å². The molecule has 158 valence electrons. The minimum atomic E-state index is 0.202. The molecule has 0 aromatic heterocycles. The lowest BCUT2D eigenvalue weighted by molar-refractivity contribution is -0.119. The van der Waals surface area contributed by atoms with Gasteiger partial charge in [-0.3, -0.25) is 0 Å². The van der Waals surface area contributed by atoms with Gasteiger partial charge in [0.05, 0.1) is 0 Å². The van der Waals surface area contributed by atoms with Crippen molar-refractivity contribution in [2.75, 3.05) is 0 Å². The van der Waals surface area contributed by atoms with Gasteiger partial charge < -0.3 is 9.59 Å². The van der Waals surface area contributed by atoms with Crippen molar-refractivity contribution in [1.29, 1.82) is 0 Å². The van der Waals surface area contributed by atoms with Crippen LogP contribution in [0.15, 0.2) is 0 Å². The van der Waals surface area contributed by atoms with Crippen LogP contribution < -0.4 is 0 Å². The van der Waals surface area contributed by atoms with Crippen LogP contribution >= 0.6 is 0 Å². The quantitative estimate of drug-likeness (QED) is 0.288. The summed E-state index contributed by atoms with van der Waals surface area (Å²) in [6, 6.07) is 0. The molecule has 0 unspecified atom stereocenters. The minimum Gasteiger partial charge on any atom is -0.300 e. The van der Waals surface area contributed by atoms with Gasteiger partial charge in [-0.05, 0) is 26.2 Å². The Labute approximate surface area is 165 Å². The number of ketones is 2. The minimum absolute atomic E-state index is 0.202. The maximum absolute atomic E-state index is 11.0. The van der Waals surface area contributed by atoms with Crippen LogP contribution in [0.4, 0.5) is 0 Å². The lowest BCUT2D eigenvalue weighted by Gasteiger charge is -2.12. The maximum atomic E-state index is 11.0. The monoisotopic (exact) mass is 370 g/mol. The Balaban J connectivity index is -0.000000364. The van der Waals surface area contributed by atoms with Crippen LogP contribution in [0, 0.1) is 5.92 Å². The first-order valence-corrected chi connectivity index (χ1v) is 11.4. The summed E-state index contributed by atoms with van der Waals surface area (Å²) in [7, 11) is 0. The Bertz CT molecular complexity index is 252. The first kappa shape index (κ1) is 30.1. The molecule has 0 N–H and O–H groups in total. The van der Waals surface area contributed by atoms with Crippen molar-refractivity contribution >= 4 is 11.6 Å². The summed E-state index contributed by atoms with van der Waals surface area (Å²) in [6.07, 6.45) is 16.8. The zero-order valence-corrected chi connectivity index (χ0v) is 19.3. The van der Waals surface area contributed by atoms with Crippen LogP contribution in [-0.2, 0) is 9.59 Å². The SMILES string of the molecule is CCCCCC.CCCCCC.CCCCCC(CC(C)=O)CC(C)=O. The molecule has 2 heteroatoms. The fourth-order valence-electron chi connectivity index (χ4n) is 2.77. The Morgan fingerprint density at radius 3 is 1.04 bits per heavy atom. The van der Waals surface area contributed by atoms with Crippen molar-refractivity contribution in [3.05, 3.63) is 0 Å². The predicted molar refractivity (Wildman–Crippen MR) is 118 cm³/mol. The lowest BCUT2D eigenvalue weighted by Crippen LogP contribution is -2.10. The first-order valence-electron chi connectivity index (χ1n) is 11.4. The molecule has 0 aliphatic carbocycles. The number of carbonyl (C=O) groups excluding carboxylic acids is 2. The van der Waals surface area contributed by atoms with E-state index in [1.807, 2.05) is 0 Å². The van der Waals surface area contributed by atoms with Gasteiger partial charge in [-0.15, -0.1) is 0 Å². The van der Waals surface area contributed by atoms with E-state index in [2.05, 4.69) is 34.6 Å². The van der Waals surface area contributed by atoms with Gasteiger partial charge in [0.1, 0.15) is 11.6 Å². The fraction of sp³-hybridized carbons (Fsp3) is 0.917. The molecule has 0 saturated heterocycles. The number of hydrogen-bond acceptors (Lipinski definition) is 2. The summed E-state index contributed by atoms with van der Waals surface area (Å²) in [5.74, 6) is 0.692. The van der Waals surface area contributed by atoms with Gasteiger partial charge in [-0.1, -0.05) is 105 Å². The van der Waals surface area contributed by atoms with Gasteiger partial charge in [0.2, 0.25) is 0 Å². The number of unbranched alkanes of at least 4 members (excludes halogenated alkanes) is 8. The van der Waals surface area contributed by atoms with Crippen LogP contribution in [0.1, 0.15) is 138 Å². The number of hydrogen-bond donors (Lipinski definition) is 0. The average molecular weight is 371 g/mol. The number of carbonyl (C=O) groups is 2. The average Bonchev–Trinajstić information content (AvgIpc) is 2.58. The molecule has 0 aliphatic heterocycles. The Hall–Kier alpha value is -0.660. The molecule has 0 heterocycles. The molecule has 0 atom stereocenters. The summed E-state index contributed by atoms with van der Waals surface area (Å²) < 4.78 is 0. The molecule has 2 nitrogen and oxygen atoms in total. The van der Waals surface area contributed by atoms with Crippen LogP contribution in [-0.4, -0.2) is 11.6 Å². The van der Waals surface area contributed by atoms with E-state index in [4.69, 9.17) is 0 Å². The normalized spacial score (nSPS) is 9.85. The fourth-order valence-corrected chi connectivity index (χ4v) is 2.77. The molecule has 0 rings (SSSR count). The van der Waals surface area contributed by atoms with Crippen LogP contribution in [0.2, 0.25) is 0 Å². The zero-order chi connectivity index (χ0) is 20.6. The van der Waals surface area contributed by atoms with Crippen molar-refractivity contribution in [3.8, 4) is 0 Å². The number of Topliss-reactive ketones (excluding diaryl/α,β-unsaturated/α-hetero) is 2. The van der Waals surface area contributed by atoms with E-state index in [-0.39, 0.29) is 17.5 Å². The lowest BCUT2D eigenvalue weighted by atomic mass is 9.91. The van der Waals surface area contributed by atoms with Gasteiger partial charge >= 0.3 is 0 Å². The highest BCUT2D eigenvalue weighted by Crippen LogP contribution is 2.18. The van der Waals surface area contributed by atoms with E-state index in [1.54, 1.807) is 13.8 Å². The second kappa shape index (κ2) is 26.6. The molecule has 0 aromatic carbocycles. The topological polar surface area (TPSA) is 34.1 Å². The summed E-state index contributed by atoms with van der Waals surface area (Å²) in [5, 5.41) is 0. The summed E-state index contributed by atoms with van der Waals surface area (Å²) in [5.41, 5.74) is 0. The molecular weight excluding hydrogens is 320 g/mol. The third-order valence-electron chi connectivity index (χ3n) is 4.28. The molecule has 0 saturated carbocycles. The van der Waals surface area contributed by atoms with Crippen molar-refractivity contribution in [2.24, 2.45) is 5.92 Å². The molecule has 0 fully saturated rings. The highest BCUT2D eigenvalue weighted by atomic mass is 16.1. The Morgan fingerprint density at radius 1 is 0.538 bits per heavy atom.